The van der Waals surface area contributed by atoms with Crippen molar-refractivity contribution >= 4 is 11.9 Å². The molecule has 0 spiro atoms. The van der Waals surface area contributed by atoms with Crippen molar-refractivity contribution in [1.82, 2.24) is 9.88 Å². The van der Waals surface area contributed by atoms with E-state index in [0.29, 0.717) is 17.3 Å². The Bertz CT molecular complexity index is 781. The van der Waals surface area contributed by atoms with E-state index >= 15 is 0 Å². The zero-order chi connectivity index (χ0) is 18.5. The highest BCUT2D eigenvalue weighted by atomic mass is 16.4. The minimum absolute atomic E-state index is 0.105. The predicted molar refractivity (Wildman–Crippen MR) is 99.3 cm³/mol. The maximum absolute atomic E-state index is 12.6. The molecule has 136 valence electrons. The SMILES string of the molecule is Cc1nc(C(=O)N2CCC(CCc3ccccc3)CC2)ccc1C(=O)O. The molecule has 26 heavy (non-hydrogen) atoms. The Morgan fingerprint density at radius 1 is 1.12 bits per heavy atom. The van der Waals surface area contributed by atoms with E-state index < -0.39 is 5.97 Å². The monoisotopic (exact) mass is 352 g/mol. The topological polar surface area (TPSA) is 70.5 Å². The van der Waals surface area contributed by atoms with Gasteiger partial charge in [0.05, 0.1) is 11.3 Å². The van der Waals surface area contributed by atoms with Gasteiger partial charge in [-0.15, -0.1) is 0 Å². The van der Waals surface area contributed by atoms with Gasteiger partial charge in [-0.2, -0.15) is 0 Å². The number of benzene rings is 1. The van der Waals surface area contributed by atoms with Crippen LogP contribution in [0.25, 0.3) is 0 Å². The van der Waals surface area contributed by atoms with Crippen LogP contribution in [-0.2, 0) is 6.42 Å². The molecule has 3 rings (SSSR count). The lowest BCUT2D eigenvalue weighted by molar-refractivity contribution is 0.0670. The number of carboxylic acid groups (broad SMARTS) is 1. The molecule has 0 unspecified atom stereocenters. The number of aromatic carboxylic acids is 1. The van der Waals surface area contributed by atoms with Crippen LogP contribution in [0.5, 0.6) is 0 Å². The van der Waals surface area contributed by atoms with Crippen LogP contribution in [0.4, 0.5) is 0 Å². The molecule has 1 aromatic carbocycles. The van der Waals surface area contributed by atoms with E-state index in [0.717, 1.165) is 38.8 Å². The summed E-state index contributed by atoms with van der Waals surface area (Å²) in [5, 5.41) is 9.07. The number of aryl methyl sites for hydroxylation is 2. The van der Waals surface area contributed by atoms with Gasteiger partial charge in [0.1, 0.15) is 5.69 Å². The van der Waals surface area contributed by atoms with Gasteiger partial charge in [0.15, 0.2) is 0 Å². The summed E-state index contributed by atoms with van der Waals surface area (Å²) in [4.78, 5) is 29.7. The van der Waals surface area contributed by atoms with Gasteiger partial charge in [-0.25, -0.2) is 9.78 Å². The van der Waals surface area contributed by atoms with E-state index in [1.807, 2.05) is 11.0 Å². The molecule has 0 atom stereocenters. The summed E-state index contributed by atoms with van der Waals surface area (Å²) in [5.41, 5.74) is 2.21. The second kappa shape index (κ2) is 8.13. The molecule has 0 aliphatic carbocycles. The van der Waals surface area contributed by atoms with Crippen LogP contribution < -0.4 is 0 Å². The van der Waals surface area contributed by atoms with Gasteiger partial charge in [0.2, 0.25) is 0 Å². The minimum Gasteiger partial charge on any atom is -0.478 e. The molecule has 1 saturated heterocycles. The van der Waals surface area contributed by atoms with E-state index in [9.17, 15) is 9.59 Å². The largest absolute Gasteiger partial charge is 0.478 e. The molecule has 1 aromatic heterocycles. The first kappa shape index (κ1) is 18.1. The number of aromatic nitrogens is 1. The highest BCUT2D eigenvalue weighted by Gasteiger charge is 2.24. The van der Waals surface area contributed by atoms with Crippen LogP contribution in [0.15, 0.2) is 42.5 Å². The maximum atomic E-state index is 12.6. The molecule has 5 heteroatoms. The lowest BCUT2D eigenvalue weighted by Gasteiger charge is -2.32. The molecule has 0 bridgehead atoms. The first-order valence-corrected chi connectivity index (χ1v) is 9.08. The average Bonchev–Trinajstić information content (AvgIpc) is 2.66. The summed E-state index contributed by atoms with van der Waals surface area (Å²) in [7, 11) is 0. The number of nitrogens with zero attached hydrogens (tertiary/aromatic N) is 2. The van der Waals surface area contributed by atoms with Crippen LogP contribution in [0.3, 0.4) is 0 Å². The van der Waals surface area contributed by atoms with Crippen LogP contribution in [0.2, 0.25) is 0 Å². The van der Waals surface area contributed by atoms with Crippen molar-refractivity contribution in [3.8, 4) is 0 Å². The Labute approximate surface area is 153 Å². The van der Waals surface area contributed by atoms with E-state index in [1.165, 1.54) is 17.7 Å². The quantitative estimate of drug-likeness (QED) is 0.893. The number of pyridine rings is 1. The Kier molecular flexibility index (Phi) is 5.66. The van der Waals surface area contributed by atoms with Crippen LogP contribution in [0, 0.1) is 12.8 Å². The standard InChI is InChI=1S/C21H24N2O3/c1-15-18(21(25)26)9-10-19(22-15)20(24)23-13-11-17(12-14-23)8-7-16-5-3-2-4-6-16/h2-6,9-10,17H,7-8,11-14H2,1H3,(H,25,26). The van der Waals surface area contributed by atoms with Crippen molar-refractivity contribution in [2.24, 2.45) is 5.92 Å². The van der Waals surface area contributed by atoms with Gasteiger partial charge >= 0.3 is 5.97 Å². The Morgan fingerprint density at radius 2 is 1.81 bits per heavy atom. The summed E-state index contributed by atoms with van der Waals surface area (Å²) < 4.78 is 0. The van der Waals surface area contributed by atoms with Crippen LogP contribution in [0.1, 0.15) is 51.4 Å². The Hall–Kier alpha value is -2.69. The van der Waals surface area contributed by atoms with Gasteiger partial charge < -0.3 is 10.0 Å². The van der Waals surface area contributed by atoms with E-state index in [2.05, 4.69) is 29.2 Å². The molecule has 1 amide bonds. The minimum atomic E-state index is -1.02. The number of carboxylic acids is 1. The smallest absolute Gasteiger partial charge is 0.337 e. The highest BCUT2D eigenvalue weighted by Crippen LogP contribution is 2.23. The van der Waals surface area contributed by atoms with Crippen LogP contribution in [-0.4, -0.2) is 40.0 Å². The summed E-state index contributed by atoms with van der Waals surface area (Å²) >= 11 is 0. The molecular weight excluding hydrogens is 328 g/mol. The van der Waals surface area contributed by atoms with Crippen molar-refractivity contribution in [3.05, 3.63) is 65.0 Å². The molecule has 2 aromatic rings. The summed E-state index contributed by atoms with van der Waals surface area (Å²) in [6.45, 7) is 3.09. The highest BCUT2D eigenvalue weighted by molar-refractivity contribution is 5.94. The molecule has 1 fully saturated rings. The molecule has 1 aliphatic rings. The number of carbonyl (C=O) groups is 2. The van der Waals surface area contributed by atoms with E-state index in [4.69, 9.17) is 5.11 Å². The zero-order valence-electron chi connectivity index (χ0n) is 15.0. The molecule has 1 aliphatic heterocycles. The van der Waals surface area contributed by atoms with E-state index in [-0.39, 0.29) is 11.5 Å². The van der Waals surface area contributed by atoms with Gasteiger partial charge in [0.25, 0.3) is 5.91 Å². The van der Waals surface area contributed by atoms with Crippen molar-refractivity contribution in [2.45, 2.75) is 32.6 Å². The predicted octanol–water partition coefficient (Wildman–Crippen LogP) is 3.57. The number of hydrogen-bond donors (Lipinski definition) is 1. The average molecular weight is 352 g/mol. The van der Waals surface area contributed by atoms with Crippen molar-refractivity contribution in [2.75, 3.05) is 13.1 Å². The normalized spacial score (nSPS) is 15.0. The second-order valence-electron chi connectivity index (χ2n) is 6.89. The first-order chi connectivity index (χ1) is 12.5. The lowest BCUT2D eigenvalue weighted by Crippen LogP contribution is -2.39. The third-order valence-electron chi connectivity index (χ3n) is 5.12. The zero-order valence-corrected chi connectivity index (χ0v) is 15.0. The summed E-state index contributed by atoms with van der Waals surface area (Å²) in [5.74, 6) is -0.483. The number of likely N-dealkylation sites (tertiary alicyclic amines) is 1. The van der Waals surface area contributed by atoms with E-state index in [1.54, 1.807) is 6.92 Å². The third-order valence-corrected chi connectivity index (χ3v) is 5.12. The molecular formula is C21H24N2O3. The van der Waals surface area contributed by atoms with Gasteiger partial charge in [-0.05, 0) is 56.2 Å². The fraction of sp³-hybridized carbons (Fsp3) is 0.381. The molecule has 0 saturated carbocycles. The molecule has 5 nitrogen and oxygen atoms in total. The number of hydrogen-bond acceptors (Lipinski definition) is 3. The fourth-order valence-corrected chi connectivity index (χ4v) is 3.51. The number of amides is 1. The molecule has 2 heterocycles. The summed E-state index contributed by atoms with van der Waals surface area (Å²) in [6.07, 6.45) is 4.24. The Balaban J connectivity index is 1.53. The van der Waals surface area contributed by atoms with Gasteiger partial charge in [-0.1, -0.05) is 30.3 Å². The first-order valence-electron chi connectivity index (χ1n) is 9.08. The van der Waals surface area contributed by atoms with Gasteiger partial charge in [-0.3, -0.25) is 4.79 Å². The number of piperidine rings is 1. The second-order valence-corrected chi connectivity index (χ2v) is 6.89. The Morgan fingerprint density at radius 3 is 2.42 bits per heavy atom. The fourth-order valence-electron chi connectivity index (χ4n) is 3.51. The third kappa shape index (κ3) is 4.28. The maximum Gasteiger partial charge on any atom is 0.337 e. The number of carbonyl (C=O) groups excluding carboxylic acids is 1. The molecule has 0 radical (unpaired) electrons. The summed E-state index contributed by atoms with van der Waals surface area (Å²) in [6, 6.07) is 13.5. The lowest BCUT2D eigenvalue weighted by atomic mass is 9.90. The van der Waals surface area contributed by atoms with Crippen LogP contribution >= 0.6 is 0 Å². The van der Waals surface area contributed by atoms with Gasteiger partial charge in [0, 0.05) is 13.1 Å². The number of rotatable bonds is 5. The van der Waals surface area contributed by atoms with Crippen molar-refractivity contribution in [1.29, 1.82) is 0 Å². The van der Waals surface area contributed by atoms with Crippen molar-refractivity contribution in [3.63, 3.8) is 0 Å². The van der Waals surface area contributed by atoms with Crippen molar-refractivity contribution < 1.29 is 14.7 Å². The molecule has 1 N–H and O–H groups in total.